The number of nitrogens with one attached hydrogen (secondary N) is 1. The Balaban J connectivity index is 1.66. The molecule has 0 radical (unpaired) electrons. The Labute approximate surface area is 130 Å². The lowest BCUT2D eigenvalue weighted by Crippen LogP contribution is -2.38. The second-order valence-electron chi connectivity index (χ2n) is 7.26. The number of aryl methyl sites for hydroxylation is 2. The molecule has 1 nitrogen and oxygen atoms in total. The molecule has 1 aromatic carbocycles. The van der Waals surface area contributed by atoms with Crippen LogP contribution in [0.2, 0.25) is 0 Å². The van der Waals surface area contributed by atoms with E-state index in [1.54, 1.807) is 16.7 Å². The molecule has 0 saturated heterocycles. The summed E-state index contributed by atoms with van der Waals surface area (Å²) in [4.78, 5) is 0. The lowest BCUT2D eigenvalue weighted by molar-refractivity contribution is 0.212. The van der Waals surface area contributed by atoms with E-state index in [0.29, 0.717) is 6.04 Å². The molecule has 2 aliphatic rings. The zero-order chi connectivity index (χ0) is 14.7. The summed E-state index contributed by atoms with van der Waals surface area (Å²) in [6, 6.07) is 7.93. The molecule has 0 heterocycles. The van der Waals surface area contributed by atoms with Gasteiger partial charge in [-0.2, -0.15) is 0 Å². The molecule has 116 valence electrons. The minimum Gasteiger partial charge on any atom is -0.316 e. The molecule has 3 atom stereocenters. The van der Waals surface area contributed by atoms with Crippen molar-refractivity contribution in [3.05, 3.63) is 34.9 Å². The van der Waals surface area contributed by atoms with Crippen LogP contribution in [0.3, 0.4) is 0 Å². The minimum atomic E-state index is 0.666. The molecule has 1 heteroatoms. The van der Waals surface area contributed by atoms with E-state index in [2.05, 4.69) is 37.5 Å². The summed E-state index contributed by atoms with van der Waals surface area (Å²) in [6.07, 6.45) is 12.3. The van der Waals surface area contributed by atoms with Crippen LogP contribution < -0.4 is 5.32 Å². The molecular weight excluding hydrogens is 254 g/mol. The van der Waals surface area contributed by atoms with Crippen LogP contribution in [-0.4, -0.2) is 13.1 Å². The molecule has 1 saturated carbocycles. The molecule has 0 spiro atoms. The molecule has 1 aromatic rings. The molecule has 0 amide bonds. The molecule has 0 bridgehead atoms. The van der Waals surface area contributed by atoms with Crippen molar-refractivity contribution in [2.24, 2.45) is 11.8 Å². The predicted molar refractivity (Wildman–Crippen MR) is 90.8 cm³/mol. The third-order valence-electron chi connectivity index (χ3n) is 5.96. The van der Waals surface area contributed by atoms with Gasteiger partial charge < -0.3 is 5.32 Å². The summed E-state index contributed by atoms with van der Waals surface area (Å²) in [5.41, 5.74) is 4.77. The van der Waals surface area contributed by atoms with Gasteiger partial charge in [0.2, 0.25) is 0 Å². The van der Waals surface area contributed by atoms with Gasteiger partial charge in [-0.05, 0) is 74.1 Å². The normalized spacial score (nSPS) is 26.6. The van der Waals surface area contributed by atoms with Crippen molar-refractivity contribution < 1.29 is 0 Å². The standard InChI is InChI=1S/C20H31N/c1-3-15-6-4-9-19(12-15)20(21-2)14-16-10-11-17-7-5-8-18(17)13-16/h10-11,13,15,19-21H,3-9,12,14H2,1-2H3. The Morgan fingerprint density at radius 1 is 1.14 bits per heavy atom. The van der Waals surface area contributed by atoms with Crippen LogP contribution in [0, 0.1) is 11.8 Å². The van der Waals surface area contributed by atoms with Gasteiger partial charge >= 0.3 is 0 Å². The molecule has 0 aliphatic heterocycles. The fourth-order valence-corrected chi connectivity index (χ4v) is 4.58. The van der Waals surface area contributed by atoms with Gasteiger partial charge in [-0.15, -0.1) is 0 Å². The van der Waals surface area contributed by atoms with E-state index in [1.165, 1.54) is 57.8 Å². The highest BCUT2D eigenvalue weighted by molar-refractivity contribution is 5.35. The third-order valence-corrected chi connectivity index (χ3v) is 5.96. The number of rotatable bonds is 5. The summed E-state index contributed by atoms with van der Waals surface area (Å²) in [7, 11) is 2.16. The van der Waals surface area contributed by atoms with Crippen LogP contribution in [0.4, 0.5) is 0 Å². The van der Waals surface area contributed by atoms with E-state index in [9.17, 15) is 0 Å². The van der Waals surface area contributed by atoms with Gasteiger partial charge in [0.05, 0.1) is 0 Å². The first-order valence-corrected chi connectivity index (χ1v) is 9.08. The predicted octanol–water partition coefficient (Wildman–Crippen LogP) is 4.52. The van der Waals surface area contributed by atoms with E-state index in [4.69, 9.17) is 0 Å². The van der Waals surface area contributed by atoms with Crippen molar-refractivity contribution in [3.8, 4) is 0 Å². The van der Waals surface area contributed by atoms with Gasteiger partial charge in [0.25, 0.3) is 0 Å². The highest BCUT2D eigenvalue weighted by Gasteiger charge is 2.27. The van der Waals surface area contributed by atoms with Crippen molar-refractivity contribution in [2.75, 3.05) is 7.05 Å². The summed E-state index contributed by atoms with van der Waals surface area (Å²) in [5.74, 6) is 1.85. The molecule has 1 N–H and O–H groups in total. The number of hydrogen-bond donors (Lipinski definition) is 1. The van der Waals surface area contributed by atoms with Crippen LogP contribution in [0.15, 0.2) is 18.2 Å². The van der Waals surface area contributed by atoms with Crippen molar-refractivity contribution in [1.29, 1.82) is 0 Å². The Hall–Kier alpha value is -0.820. The van der Waals surface area contributed by atoms with Crippen molar-refractivity contribution >= 4 is 0 Å². The monoisotopic (exact) mass is 285 g/mol. The van der Waals surface area contributed by atoms with Gasteiger partial charge in [-0.25, -0.2) is 0 Å². The average molecular weight is 285 g/mol. The first-order valence-electron chi connectivity index (χ1n) is 9.08. The third kappa shape index (κ3) is 3.51. The smallest absolute Gasteiger partial charge is 0.0133 e. The largest absolute Gasteiger partial charge is 0.316 e. The van der Waals surface area contributed by atoms with Gasteiger partial charge in [0.15, 0.2) is 0 Å². The molecule has 3 unspecified atom stereocenters. The molecule has 2 aliphatic carbocycles. The Bertz CT molecular complexity index is 465. The van der Waals surface area contributed by atoms with Crippen LogP contribution in [-0.2, 0) is 19.3 Å². The minimum absolute atomic E-state index is 0.666. The summed E-state index contributed by atoms with van der Waals surface area (Å²) >= 11 is 0. The Morgan fingerprint density at radius 2 is 2.00 bits per heavy atom. The Kier molecular flexibility index (Phi) is 5.00. The lowest BCUT2D eigenvalue weighted by atomic mass is 9.75. The second kappa shape index (κ2) is 6.96. The zero-order valence-electron chi connectivity index (χ0n) is 13.8. The van der Waals surface area contributed by atoms with E-state index < -0.39 is 0 Å². The van der Waals surface area contributed by atoms with Gasteiger partial charge in [-0.3, -0.25) is 0 Å². The maximum atomic E-state index is 3.63. The summed E-state index contributed by atoms with van der Waals surface area (Å²) in [6.45, 7) is 2.36. The van der Waals surface area contributed by atoms with Crippen LogP contribution in [0.1, 0.15) is 62.1 Å². The highest BCUT2D eigenvalue weighted by atomic mass is 14.9. The van der Waals surface area contributed by atoms with Gasteiger partial charge in [0, 0.05) is 6.04 Å². The first-order chi connectivity index (χ1) is 10.3. The van der Waals surface area contributed by atoms with Gasteiger partial charge in [-0.1, -0.05) is 44.4 Å². The molecule has 1 fully saturated rings. The summed E-state index contributed by atoms with van der Waals surface area (Å²) < 4.78 is 0. The number of fused-ring (bicyclic) bond motifs is 1. The van der Waals surface area contributed by atoms with Crippen molar-refractivity contribution in [1.82, 2.24) is 5.32 Å². The lowest BCUT2D eigenvalue weighted by Gasteiger charge is -2.34. The van der Waals surface area contributed by atoms with Crippen LogP contribution in [0.25, 0.3) is 0 Å². The fraction of sp³-hybridized carbons (Fsp3) is 0.700. The maximum Gasteiger partial charge on any atom is 0.0133 e. The van der Waals surface area contributed by atoms with Crippen LogP contribution in [0.5, 0.6) is 0 Å². The molecule has 0 aromatic heterocycles. The van der Waals surface area contributed by atoms with E-state index >= 15 is 0 Å². The van der Waals surface area contributed by atoms with Crippen molar-refractivity contribution in [2.45, 2.75) is 70.8 Å². The van der Waals surface area contributed by atoms with E-state index in [1.807, 2.05) is 0 Å². The number of likely N-dealkylation sites (N-methyl/N-ethyl adjacent to an activating group) is 1. The molecule has 3 rings (SSSR count). The van der Waals surface area contributed by atoms with E-state index in [-0.39, 0.29) is 0 Å². The zero-order valence-corrected chi connectivity index (χ0v) is 13.8. The highest BCUT2D eigenvalue weighted by Crippen LogP contribution is 2.34. The second-order valence-corrected chi connectivity index (χ2v) is 7.26. The summed E-state index contributed by atoms with van der Waals surface area (Å²) in [5, 5.41) is 3.63. The topological polar surface area (TPSA) is 12.0 Å². The van der Waals surface area contributed by atoms with Crippen molar-refractivity contribution in [3.63, 3.8) is 0 Å². The Morgan fingerprint density at radius 3 is 2.81 bits per heavy atom. The fourth-order valence-electron chi connectivity index (χ4n) is 4.58. The van der Waals surface area contributed by atoms with E-state index in [0.717, 1.165) is 11.8 Å². The average Bonchev–Trinajstić information content (AvgIpc) is 3.00. The molecular formula is C20H31N. The first kappa shape index (κ1) is 15.1. The quantitative estimate of drug-likeness (QED) is 0.838. The molecule has 21 heavy (non-hydrogen) atoms. The SMILES string of the molecule is CCC1CCCC(C(Cc2ccc3c(c2)CCC3)NC)C1. The van der Waals surface area contributed by atoms with Crippen LogP contribution >= 0.6 is 0 Å². The number of benzene rings is 1. The van der Waals surface area contributed by atoms with Gasteiger partial charge in [0.1, 0.15) is 0 Å². The maximum absolute atomic E-state index is 3.63. The number of hydrogen-bond acceptors (Lipinski definition) is 1.